The number of carbonyl (C=O) groups excluding carboxylic acids is 3. The molecule has 1 aromatic carbocycles. The minimum absolute atomic E-state index is 0.159. The highest BCUT2D eigenvalue weighted by atomic mass is 31.2. The molecule has 1 amide bonds. The van der Waals surface area contributed by atoms with Crippen molar-refractivity contribution in [3.05, 3.63) is 35.4 Å². The van der Waals surface area contributed by atoms with E-state index in [0.717, 1.165) is 13.1 Å². The summed E-state index contributed by atoms with van der Waals surface area (Å²) in [4.78, 5) is 35.6. The second kappa shape index (κ2) is 13.8. The molecule has 13 nitrogen and oxygen atoms in total. The Morgan fingerprint density at radius 1 is 0.921 bits per heavy atom. The number of hydroxylamine groups is 2. The number of likely N-dealkylation sites (N-methyl/N-ethyl adjacent to an activating group) is 1. The van der Waals surface area contributed by atoms with Gasteiger partial charge in [0.25, 0.3) is 5.91 Å². The first-order chi connectivity index (χ1) is 17.3. The van der Waals surface area contributed by atoms with Crippen molar-refractivity contribution in [3.8, 4) is 0 Å². The van der Waals surface area contributed by atoms with Gasteiger partial charge in [0.2, 0.25) is 13.6 Å². The zero-order valence-corrected chi connectivity index (χ0v) is 22.9. The van der Waals surface area contributed by atoms with Gasteiger partial charge in [-0.15, -0.1) is 0 Å². The molecule has 1 rings (SSSR count). The van der Waals surface area contributed by atoms with Crippen LogP contribution >= 0.6 is 7.60 Å². The summed E-state index contributed by atoms with van der Waals surface area (Å²) in [6.45, 7) is 6.27. The van der Waals surface area contributed by atoms with Gasteiger partial charge in [0.15, 0.2) is 17.5 Å². The van der Waals surface area contributed by atoms with Crippen molar-refractivity contribution in [3.63, 3.8) is 0 Å². The molecule has 1 unspecified atom stereocenters. The fraction of sp³-hybridized carbons (Fsp3) is 0.591. The molecule has 0 saturated carbocycles. The average Bonchev–Trinajstić information content (AvgIpc) is 2.73. The number of hydrogen-bond acceptors (Lipinski definition) is 12. The molecule has 1 N–H and O–H groups in total. The number of rotatable bonds is 11. The van der Waals surface area contributed by atoms with Crippen LogP contribution in [0, 0.1) is 11.6 Å². The maximum absolute atomic E-state index is 14.0. The molecule has 0 aliphatic carbocycles. The Balaban J connectivity index is 3.25. The second-order valence-corrected chi connectivity index (χ2v) is 11.6. The van der Waals surface area contributed by atoms with Crippen LogP contribution in [0.15, 0.2) is 18.2 Å². The van der Waals surface area contributed by atoms with Gasteiger partial charge in [0, 0.05) is 7.05 Å². The average molecular weight is 571 g/mol. The first-order valence-electron chi connectivity index (χ1n) is 11.0. The van der Waals surface area contributed by atoms with Crippen molar-refractivity contribution >= 4 is 25.8 Å². The molecule has 0 heterocycles. The fourth-order valence-electron chi connectivity index (χ4n) is 2.31. The Hall–Kier alpha value is -2.84. The molecule has 0 spiro atoms. The third-order valence-corrected chi connectivity index (χ3v) is 5.79. The Bertz CT molecular complexity index is 985. The fourth-order valence-corrected chi connectivity index (χ4v) is 3.83. The standard InChI is InChI=1S/C22H32F2NO12P/c1-21(2,3)36-19(27)32-12-34-38(30,35-13-33-20(28)37-22(4,5)6)18(31-11-17(26)25(7)29)14-8-9-15(23)16(24)10-14/h8-10,18,29H,11-13H2,1-7H3. The van der Waals surface area contributed by atoms with Crippen LogP contribution in [0.4, 0.5) is 18.4 Å². The maximum Gasteiger partial charge on any atom is 0.510 e. The van der Waals surface area contributed by atoms with Gasteiger partial charge >= 0.3 is 19.9 Å². The largest absolute Gasteiger partial charge is 0.510 e. The van der Waals surface area contributed by atoms with Crippen LogP contribution < -0.4 is 0 Å². The lowest BCUT2D eigenvalue weighted by atomic mass is 10.2. The summed E-state index contributed by atoms with van der Waals surface area (Å²) in [7, 11) is -3.84. The van der Waals surface area contributed by atoms with E-state index >= 15 is 0 Å². The van der Waals surface area contributed by atoms with Crippen molar-refractivity contribution in [1.82, 2.24) is 5.06 Å². The Morgan fingerprint density at radius 3 is 1.79 bits per heavy atom. The first kappa shape index (κ1) is 33.2. The predicted molar refractivity (Wildman–Crippen MR) is 124 cm³/mol. The topological polar surface area (TPSA) is 156 Å². The van der Waals surface area contributed by atoms with Gasteiger partial charge in [0.05, 0.1) is 0 Å². The molecule has 16 heteroatoms. The van der Waals surface area contributed by atoms with E-state index < -0.39 is 74.7 Å². The van der Waals surface area contributed by atoms with E-state index in [9.17, 15) is 32.9 Å². The Morgan fingerprint density at radius 2 is 1.39 bits per heavy atom. The lowest BCUT2D eigenvalue weighted by Crippen LogP contribution is -2.28. The molecule has 0 bridgehead atoms. The molecular weight excluding hydrogens is 539 g/mol. The number of benzene rings is 1. The highest BCUT2D eigenvalue weighted by molar-refractivity contribution is 7.54. The minimum Gasteiger partial charge on any atom is -0.429 e. The number of ether oxygens (including phenoxy) is 5. The van der Waals surface area contributed by atoms with Gasteiger partial charge in [-0.2, -0.15) is 0 Å². The zero-order chi connectivity index (χ0) is 29.3. The predicted octanol–water partition coefficient (Wildman–Crippen LogP) is 4.87. The summed E-state index contributed by atoms with van der Waals surface area (Å²) in [5.41, 5.74) is -2.21. The van der Waals surface area contributed by atoms with Crippen molar-refractivity contribution < 1.29 is 65.7 Å². The SMILES string of the molecule is CN(O)C(=O)COC(c1ccc(F)c(F)c1)P(=O)(OCOC(=O)OC(C)(C)C)OCOC(=O)OC(C)(C)C. The van der Waals surface area contributed by atoms with E-state index in [-0.39, 0.29) is 10.6 Å². The highest BCUT2D eigenvalue weighted by Crippen LogP contribution is 2.61. The van der Waals surface area contributed by atoms with Crippen LogP contribution in [0.5, 0.6) is 0 Å². The van der Waals surface area contributed by atoms with Crippen LogP contribution in [0.3, 0.4) is 0 Å². The quantitative estimate of drug-likeness (QED) is 0.127. The number of amides is 1. The van der Waals surface area contributed by atoms with Crippen LogP contribution in [-0.2, 0) is 42.1 Å². The van der Waals surface area contributed by atoms with Gasteiger partial charge in [0.1, 0.15) is 17.8 Å². The minimum atomic E-state index is -4.82. The third kappa shape index (κ3) is 12.1. The van der Waals surface area contributed by atoms with Crippen LogP contribution in [0.25, 0.3) is 0 Å². The van der Waals surface area contributed by atoms with Crippen molar-refractivity contribution in [2.24, 2.45) is 0 Å². The molecule has 0 aliphatic rings. The van der Waals surface area contributed by atoms with Crippen molar-refractivity contribution in [1.29, 1.82) is 0 Å². The van der Waals surface area contributed by atoms with Crippen LogP contribution in [-0.4, -0.2) is 66.9 Å². The Kier molecular flexibility index (Phi) is 12.1. The highest BCUT2D eigenvalue weighted by Gasteiger charge is 2.41. The lowest BCUT2D eigenvalue weighted by Gasteiger charge is -2.27. The molecule has 216 valence electrons. The van der Waals surface area contributed by atoms with E-state index in [0.29, 0.717) is 12.1 Å². The van der Waals surface area contributed by atoms with Gasteiger partial charge in [-0.3, -0.25) is 23.6 Å². The molecule has 38 heavy (non-hydrogen) atoms. The summed E-state index contributed by atoms with van der Waals surface area (Å²) in [6.07, 6.45) is -2.42. The molecule has 0 aliphatic heterocycles. The Labute approximate surface area is 218 Å². The molecule has 1 atom stereocenters. The summed E-state index contributed by atoms with van der Waals surface area (Å²) in [5, 5.41) is 9.46. The summed E-state index contributed by atoms with van der Waals surface area (Å²) < 4.78 is 76.2. The van der Waals surface area contributed by atoms with E-state index in [2.05, 4.69) is 0 Å². The molecular formula is C22H32F2NO12P. The summed E-state index contributed by atoms with van der Waals surface area (Å²) >= 11 is 0. The van der Waals surface area contributed by atoms with E-state index in [1.807, 2.05) is 0 Å². The van der Waals surface area contributed by atoms with Crippen LogP contribution in [0.2, 0.25) is 0 Å². The molecule has 0 radical (unpaired) electrons. The number of nitrogens with zero attached hydrogens (tertiary/aromatic N) is 1. The molecule has 0 saturated heterocycles. The van der Waals surface area contributed by atoms with Gasteiger partial charge in [-0.25, -0.2) is 23.4 Å². The normalized spacial score (nSPS) is 12.9. The molecule has 0 aromatic heterocycles. The molecule has 0 fully saturated rings. The van der Waals surface area contributed by atoms with E-state index in [1.54, 1.807) is 41.5 Å². The number of halogens is 2. The van der Waals surface area contributed by atoms with E-state index in [4.69, 9.17) is 32.7 Å². The van der Waals surface area contributed by atoms with E-state index in [1.165, 1.54) is 0 Å². The maximum atomic E-state index is 14.0. The van der Waals surface area contributed by atoms with Gasteiger partial charge in [-0.1, -0.05) is 6.07 Å². The smallest absolute Gasteiger partial charge is 0.429 e. The lowest BCUT2D eigenvalue weighted by molar-refractivity contribution is -0.165. The van der Waals surface area contributed by atoms with Crippen LogP contribution in [0.1, 0.15) is 53.0 Å². The monoisotopic (exact) mass is 571 g/mol. The van der Waals surface area contributed by atoms with Gasteiger partial charge < -0.3 is 23.7 Å². The summed E-state index contributed by atoms with van der Waals surface area (Å²) in [6, 6.07) is 2.23. The number of carbonyl (C=O) groups is 3. The first-order valence-corrected chi connectivity index (χ1v) is 12.6. The van der Waals surface area contributed by atoms with Gasteiger partial charge in [-0.05, 0) is 59.2 Å². The van der Waals surface area contributed by atoms with Crippen molar-refractivity contribution in [2.75, 3.05) is 27.2 Å². The second-order valence-electron chi connectivity index (χ2n) is 9.51. The molecule has 1 aromatic rings. The summed E-state index contributed by atoms with van der Waals surface area (Å²) in [5.74, 6) is -5.62. The van der Waals surface area contributed by atoms with Crippen molar-refractivity contribution in [2.45, 2.75) is 58.6 Å². The zero-order valence-electron chi connectivity index (χ0n) is 22.0. The third-order valence-electron chi connectivity index (χ3n) is 3.84. The number of hydrogen-bond donors (Lipinski definition) is 1.